The van der Waals surface area contributed by atoms with Crippen LogP contribution in [0, 0.1) is 11.3 Å². The summed E-state index contributed by atoms with van der Waals surface area (Å²) in [5, 5.41) is 21.4. The quantitative estimate of drug-likeness (QED) is 0.659. The minimum absolute atomic E-state index is 0.695. The van der Waals surface area contributed by atoms with Crippen molar-refractivity contribution in [3.05, 3.63) is 59.7 Å². The second-order valence-electron chi connectivity index (χ2n) is 4.78. The van der Waals surface area contributed by atoms with E-state index in [1.165, 1.54) is 11.3 Å². The lowest BCUT2D eigenvalue weighted by Crippen LogP contribution is -1.89. The maximum Gasteiger partial charge on any atom is 0.210 e. The van der Waals surface area contributed by atoms with Gasteiger partial charge in [0.15, 0.2) is 4.34 Å². The lowest BCUT2D eigenvalue weighted by molar-refractivity contribution is 0.415. The Labute approximate surface area is 148 Å². The van der Waals surface area contributed by atoms with Gasteiger partial charge in [-0.25, -0.2) is 0 Å². The zero-order chi connectivity index (χ0) is 16.8. The first-order valence-electron chi connectivity index (χ1n) is 7.14. The fourth-order valence-corrected chi connectivity index (χ4v) is 3.79. The summed E-state index contributed by atoms with van der Waals surface area (Å²) in [6.45, 7) is 0. The van der Waals surface area contributed by atoms with Gasteiger partial charge in [0.1, 0.15) is 5.75 Å². The second-order valence-corrected chi connectivity index (χ2v) is 6.98. The summed E-state index contributed by atoms with van der Waals surface area (Å²) in [5.41, 5.74) is 2.63. The van der Waals surface area contributed by atoms with Gasteiger partial charge in [-0.1, -0.05) is 41.3 Å². The van der Waals surface area contributed by atoms with Crippen LogP contribution in [0.25, 0.3) is 0 Å². The molecule has 0 aliphatic rings. The molecule has 0 aliphatic carbocycles. The van der Waals surface area contributed by atoms with E-state index in [-0.39, 0.29) is 0 Å². The molecule has 0 saturated carbocycles. The van der Waals surface area contributed by atoms with Crippen molar-refractivity contribution < 1.29 is 4.74 Å². The third-order valence-corrected chi connectivity index (χ3v) is 5.26. The molecule has 0 aliphatic heterocycles. The molecule has 3 aromatic rings. The van der Waals surface area contributed by atoms with Gasteiger partial charge in [0, 0.05) is 11.4 Å². The molecule has 0 fully saturated rings. The number of ether oxygens (including phenoxy) is 1. The molecule has 24 heavy (non-hydrogen) atoms. The standard InChI is InChI=1S/C17H14N4OS2/c1-22-15-8-6-14(7-9-15)19-16-20-21-17(24-16)23-11-13-5-3-2-4-12(13)10-18/h2-9H,11H2,1H3,(H,19,20). The maximum absolute atomic E-state index is 9.12. The van der Waals surface area contributed by atoms with E-state index in [1.54, 1.807) is 18.9 Å². The number of rotatable bonds is 6. The van der Waals surface area contributed by atoms with Crippen LogP contribution < -0.4 is 10.1 Å². The van der Waals surface area contributed by atoms with E-state index in [4.69, 9.17) is 10.00 Å². The van der Waals surface area contributed by atoms with E-state index in [0.717, 1.165) is 26.5 Å². The number of methoxy groups -OCH3 is 1. The van der Waals surface area contributed by atoms with Crippen LogP contribution >= 0.6 is 23.1 Å². The summed E-state index contributed by atoms with van der Waals surface area (Å²) in [5.74, 6) is 1.51. The molecule has 1 aromatic heterocycles. The number of aromatic nitrogens is 2. The van der Waals surface area contributed by atoms with Crippen molar-refractivity contribution in [2.75, 3.05) is 12.4 Å². The largest absolute Gasteiger partial charge is 0.497 e. The molecular weight excluding hydrogens is 340 g/mol. The van der Waals surface area contributed by atoms with Gasteiger partial charge in [-0.2, -0.15) is 5.26 Å². The molecule has 0 saturated heterocycles. The van der Waals surface area contributed by atoms with Crippen LogP contribution in [0.2, 0.25) is 0 Å². The highest BCUT2D eigenvalue weighted by Gasteiger charge is 2.07. The lowest BCUT2D eigenvalue weighted by atomic mass is 10.1. The SMILES string of the molecule is COc1ccc(Nc2nnc(SCc3ccccc3C#N)s2)cc1. The van der Waals surface area contributed by atoms with Gasteiger partial charge in [0.25, 0.3) is 0 Å². The average Bonchev–Trinajstić information content (AvgIpc) is 3.08. The van der Waals surface area contributed by atoms with E-state index in [9.17, 15) is 0 Å². The third-order valence-electron chi connectivity index (χ3n) is 3.24. The lowest BCUT2D eigenvalue weighted by Gasteiger charge is -2.03. The van der Waals surface area contributed by atoms with Crippen molar-refractivity contribution in [3.63, 3.8) is 0 Å². The first-order chi connectivity index (χ1) is 11.8. The van der Waals surface area contributed by atoms with Crippen LogP contribution in [0.4, 0.5) is 10.8 Å². The Morgan fingerprint density at radius 1 is 1.17 bits per heavy atom. The summed E-state index contributed by atoms with van der Waals surface area (Å²) in [6, 6.07) is 17.4. The monoisotopic (exact) mass is 354 g/mol. The van der Waals surface area contributed by atoms with Gasteiger partial charge in [-0.3, -0.25) is 0 Å². The topological polar surface area (TPSA) is 70.8 Å². The summed E-state index contributed by atoms with van der Waals surface area (Å²) in [6.07, 6.45) is 0. The van der Waals surface area contributed by atoms with Crippen LogP contribution in [0.1, 0.15) is 11.1 Å². The minimum atomic E-state index is 0.695. The van der Waals surface area contributed by atoms with E-state index >= 15 is 0 Å². The molecule has 0 amide bonds. The summed E-state index contributed by atoms with van der Waals surface area (Å²) < 4.78 is 6.00. The van der Waals surface area contributed by atoms with Crippen molar-refractivity contribution >= 4 is 33.9 Å². The van der Waals surface area contributed by atoms with E-state index in [2.05, 4.69) is 21.6 Å². The van der Waals surface area contributed by atoms with Crippen LogP contribution in [-0.2, 0) is 5.75 Å². The molecule has 0 radical (unpaired) electrons. The molecule has 0 bridgehead atoms. The van der Waals surface area contributed by atoms with Crippen LogP contribution in [-0.4, -0.2) is 17.3 Å². The average molecular weight is 354 g/mol. The first kappa shape index (κ1) is 16.3. The van der Waals surface area contributed by atoms with Gasteiger partial charge in [-0.15, -0.1) is 10.2 Å². The number of hydrogen-bond acceptors (Lipinski definition) is 7. The highest BCUT2D eigenvalue weighted by Crippen LogP contribution is 2.30. The molecule has 1 heterocycles. The number of nitriles is 1. The molecule has 2 aromatic carbocycles. The third kappa shape index (κ3) is 4.04. The van der Waals surface area contributed by atoms with Gasteiger partial charge in [0.05, 0.1) is 18.7 Å². The van der Waals surface area contributed by atoms with Crippen LogP contribution in [0.15, 0.2) is 52.9 Å². The van der Waals surface area contributed by atoms with Crippen molar-refractivity contribution in [3.8, 4) is 11.8 Å². The van der Waals surface area contributed by atoms with E-state index in [0.29, 0.717) is 11.3 Å². The number of thioether (sulfide) groups is 1. The van der Waals surface area contributed by atoms with E-state index < -0.39 is 0 Å². The molecule has 0 spiro atoms. The fraction of sp³-hybridized carbons (Fsp3) is 0.118. The zero-order valence-electron chi connectivity index (χ0n) is 12.9. The Morgan fingerprint density at radius 2 is 1.96 bits per heavy atom. The maximum atomic E-state index is 9.12. The summed E-state index contributed by atoms with van der Waals surface area (Å²) in [7, 11) is 1.64. The second kappa shape index (κ2) is 7.81. The van der Waals surface area contributed by atoms with Gasteiger partial charge < -0.3 is 10.1 Å². The zero-order valence-corrected chi connectivity index (χ0v) is 14.5. The number of anilines is 2. The van der Waals surface area contributed by atoms with Crippen LogP contribution in [0.3, 0.4) is 0 Å². The normalized spacial score (nSPS) is 10.2. The molecular formula is C17H14N4OS2. The molecule has 1 N–H and O–H groups in total. The molecule has 0 atom stereocenters. The Kier molecular flexibility index (Phi) is 5.31. The van der Waals surface area contributed by atoms with Crippen molar-refractivity contribution in [2.45, 2.75) is 10.1 Å². The number of benzene rings is 2. The Balaban J connectivity index is 1.62. The molecule has 3 rings (SSSR count). The first-order valence-corrected chi connectivity index (χ1v) is 8.94. The number of hydrogen-bond donors (Lipinski definition) is 1. The van der Waals surface area contributed by atoms with Crippen molar-refractivity contribution in [2.24, 2.45) is 0 Å². The molecule has 120 valence electrons. The van der Waals surface area contributed by atoms with E-state index in [1.807, 2.05) is 48.5 Å². The number of nitrogens with one attached hydrogen (secondary N) is 1. The predicted octanol–water partition coefficient (Wildman–Crippen LogP) is 4.45. The van der Waals surface area contributed by atoms with Gasteiger partial charge in [-0.05, 0) is 35.9 Å². The summed E-state index contributed by atoms with van der Waals surface area (Å²) in [4.78, 5) is 0. The number of nitrogens with zero attached hydrogens (tertiary/aromatic N) is 3. The molecule has 0 unspecified atom stereocenters. The van der Waals surface area contributed by atoms with Gasteiger partial charge in [0.2, 0.25) is 5.13 Å². The molecule has 5 nitrogen and oxygen atoms in total. The highest BCUT2D eigenvalue weighted by atomic mass is 32.2. The van der Waals surface area contributed by atoms with Crippen molar-refractivity contribution in [1.29, 1.82) is 5.26 Å². The minimum Gasteiger partial charge on any atom is -0.497 e. The van der Waals surface area contributed by atoms with Crippen LogP contribution in [0.5, 0.6) is 5.75 Å². The summed E-state index contributed by atoms with van der Waals surface area (Å²) >= 11 is 3.06. The Hall–Kier alpha value is -2.56. The Bertz CT molecular complexity index is 856. The van der Waals surface area contributed by atoms with Crippen molar-refractivity contribution in [1.82, 2.24) is 10.2 Å². The fourth-order valence-electron chi connectivity index (χ4n) is 2.01. The molecule has 7 heteroatoms. The predicted molar refractivity (Wildman–Crippen MR) is 96.9 cm³/mol. The van der Waals surface area contributed by atoms with Gasteiger partial charge >= 0.3 is 0 Å². The smallest absolute Gasteiger partial charge is 0.210 e. The highest BCUT2D eigenvalue weighted by molar-refractivity contribution is 8.00. The Morgan fingerprint density at radius 3 is 2.71 bits per heavy atom.